The summed E-state index contributed by atoms with van der Waals surface area (Å²) in [6.07, 6.45) is 3.70. The van der Waals surface area contributed by atoms with Gasteiger partial charge in [-0.05, 0) is 68.8 Å². The summed E-state index contributed by atoms with van der Waals surface area (Å²) in [5, 5.41) is 4.50. The molecule has 3 aromatic rings. The van der Waals surface area contributed by atoms with Crippen molar-refractivity contribution in [2.45, 2.75) is 38.1 Å². The van der Waals surface area contributed by atoms with E-state index in [2.05, 4.69) is 11.2 Å². The lowest BCUT2D eigenvalue weighted by Gasteiger charge is -2.32. The Morgan fingerprint density at radius 2 is 1.72 bits per heavy atom. The SMILES string of the molecule is CSc1ccc(C(=O)[C@@H]2CCCN(C(=O)c3ccc(Cn4nc(C)cc4C)cc3)C2)cc1. The van der Waals surface area contributed by atoms with Gasteiger partial charge in [-0.25, -0.2) is 0 Å². The third kappa shape index (κ3) is 4.96. The molecule has 0 unspecified atom stereocenters. The number of likely N-dealkylation sites (tertiary alicyclic amines) is 1. The molecule has 1 saturated heterocycles. The van der Waals surface area contributed by atoms with E-state index in [1.807, 2.05) is 78.2 Å². The van der Waals surface area contributed by atoms with Crippen molar-refractivity contribution in [3.8, 4) is 0 Å². The summed E-state index contributed by atoms with van der Waals surface area (Å²) < 4.78 is 1.97. The highest BCUT2D eigenvalue weighted by Crippen LogP contribution is 2.24. The molecule has 1 aliphatic heterocycles. The summed E-state index contributed by atoms with van der Waals surface area (Å²) in [7, 11) is 0. The molecule has 2 aromatic carbocycles. The van der Waals surface area contributed by atoms with Crippen LogP contribution in [0.15, 0.2) is 59.5 Å². The van der Waals surface area contributed by atoms with Crippen LogP contribution in [0.5, 0.6) is 0 Å². The molecule has 6 heteroatoms. The Bertz CT molecular complexity index is 1100. The van der Waals surface area contributed by atoms with E-state index in [4.69, 9.17) is 0 Å². The van der Waals surface area contributed by atoms with Gasteiger partial charge >= 0.3 is 0 Å². The van der Waals surface area contributed by atoms with E-state index < -0.39 is 0 Å². The molecular formula is C26H29N3O2S. The summed E-state index contributed by atoms with van der Waals surface area (Å²) in [5.41, 5.74) is 4.63. The second kappa shape index (κ2) is 9.74. The number of aryl methyl sites for hydroxylation is 2. The van der Waals surface area contributed by atoms with Gasteiger partial charge < -0.3 is 4.90 Å². The van der Waals surface area contributed by atoms with Gasteiger partial charge in [-0.15, -0.1) is 11.8 Å². The number of nitrogens with zero attached hydrogens (tertiary/aromatic N) is 3. The van der Waals surface area contributed by atoms with Crippen LogP contribution in [0.3, 0.4) is 0 Å². The minimum absolute atomic E-state index is 0.00195. The van der Waals surface area contributed by atoms with Crippen LogP contribution in [0.1, 0.15) is 50.5 Å². The predicted molar refractivity (Wildman–Crippen MR) is 128 cm³/mol. The molecule has 32 heavy (non-hydrogen) atoms. The van der Waals surface area contributed by atoms with Crippen molar-refractivity contribution in [1.29, 1.82) is 0 Å². The number of ketones is 1. The predicted octanol–water partition coefficient (Wildman–Crippen LogP) is 5.01. The number of carbonyl (C=O) groups excluding carboxylic acids is 2. The first-order chi connectivity index (χ1) is 15.4. The van der Waals surface area contributed by atoms with Crippen molar-refractivity contribution in [2.24, 2.45) is 5.92 Å². The van der Waals surface area contributed by atoms with E-state index >= 15 is 0 Å². The van der Waals surface area contributed by atoms with Crippen LogP contribution < -0.4 is 0 Å². The van der Waals surface area contributed by atoms with E-state index in [9.17, 15) is 9.59 Å². The van der Waals surface area contributed by atoms with Gasteiger partial charge in [0.1, 0.15) is 0 Å². The molecule has 1 atom stereocenters. The first-order valence-electron chi connectivity index (χ1n) is 11.0. The van der Waals surface area contributed by atoms with Gasteiger partial charge in [-0.1, -0.05) is 24.3 Å². The summed E-state index contributed by atoms with van der Waals surface area (Å²) in [4.78, 5) is 29.1. The lowest BCUT2D eigenvalue weighted by Crippen LogP contribution is -2.42. The van der Waals surface area contributed by atoms with Crippen LogP contribution in [0.4, 0.5) is 0 Å². The molecule has 1 fully saturated rings. The second-order valence-corrected chi connectivity index (χ2v) is 9.34. The zero-order chi connectivity index (χ0) is 22.7. The number of hydrogen-bond donors (Lipinski definition) is 0. The van der Waals surface area contributed by atoms with Gasteiger partial charge in [0.15, 0.2) is 5.78 Å². The van der Waals surface area contributed by atoms with Crippen LogP contribution in [-0.4, -0.2) is 45.7 Å². The number of amides is 1. The first-order valence-corrected chi connectivity index (χ1v) is 12.2. The fourth-order valence-electron chi connectivity index (χ4n) is 4.31. The summed E-state index contributed by atoms with van der Waals surface area (Å²) in [5.74, 6) is -0.00795. The molecule has 1 amide bonds. The topological polar surface area (TPSA) is 55.2 Å². The Morgan fingerprint density at radius 3 is 2.34 bits per heavy atom. The molecular weight excluding hydrogens is 418 g/mol. The zero-order valence-corrected chi connectivity index (χ0v) is 19.7. The first kappa shape index (κ1) is 22.3. The molecule has 4 rings (SSSR count). The Balaban J connectivity index is 1.41. The van der Waals surface area contributed by atoms with Crippen molar-refractivity contribution in [2.75, 3.05) is 19.3 Å². The maximum atomic E-state index is 13.1. The fraction of sp³-hybridized carbons (Fsp3) is 0.346. The molecule has 0 saturated carbocycles. The normalized spacial score (nSPS) is 16.2. The number of piperidine rings is 1. The molecule has 0 N–H and O–H groups in total. The minimum atomic E-state index is -0.141. The number of benzene rings is 2. The molecule has 0 bridgehead atoms. The van der Waals surface area contributed by atoms with Crippen LogP contribution in [0, 0.1) is 19.8 Å². The van der Waals surface area contributed by atoms with Gasteiger partial charge in [0, 0.05) is 40.7 Å². The molecule has 1 aliphatic rings. The summed E-state index contributed by atoms with van der Waals surface area (Å²) in [6, 6.07) is 17.6. The molecule has 2 heterocycles. The van der Waals surface area contributed by atoms with Gasteiger partial charge in [-0.2, -0.15) is 5.10 Å². The zero-order valence-electron chi connectivity index (χ0n) is 18.9. The van der Waals surface area contributed by atoms with Crippen LogP contribution in [0.25, 0.3) is 0 Å². The number of thioether (sulfide) groups is 1. The largest absolute Gasteiger partial charge is 0.338 e. The second-order valence-electron chi connectivity index (χ2n) is 8.46. The lowest BCUT2D eigenvalue weighted by molar-refractivity contribution is 0.0637. The van der Waals surface area contributed by atoms with Crippen molar-refractivity contribution >= 4 is 23.5 Å². The Morgan fingerprint density at radius 1 is 1.03 bits per heavy atom. The van der Waals surface area contributed by atoms with E-state index in [1.54, 1.807) is 11.8 Å². The standard InChI is InChI=1S/C26H29N3O2S/c1-18-15-19(2)29(27-18)16-20-6-8-22(9-7-20)26(31)28-14-4-5-23(17-28)25(30)21-10-12-24(32-3)13-11-21/h6-13,15,23H,4-5,14,16-17H2,1-3H3/t23-/m1/s1. The smallest absolute Gasteiger partial charge is 0.253 e. The van der Waals surface area contributed by atoms with E-state index in [-0.39, 0.29) is 17.6 Å². The highest BCUT2D eigenvalue weighted by Gasteiger charge is 2.29. The highest BCUT2D eigenvalue weighted by atomic mass is 32.2. The number of Topliss-reactive ketones (excluding diaryl/α,β-unsaturated/α-hetero) is 1. The molecule has 0 spiro atoms. The van der Waals surface area contributed by atoms with Crippen molar-refractivity contribution < 1.29 is 9.59 Å². The van der Waals surface area contributed by atoms with Crippen molar-refractivity contribution in [3.05, 3.63) is 82.7 Å². The van der Waals surface area contributed by atoms with Crippen LogP contribution >= 0.6 is 11.8 Å². The van der Waals surface area contributed by atoms with Crippen molar-refractivity contribution in [1.82, 2.24) is 14.7 Å². The van der Waals surface area contributed by atoms with E-state index in [0.717, 1.165) is 40.3 Å². The highest BCUT2D eigenvalue weighted by molar-refractivity contribution is 7.98. The maximum Gasteiger partial charge on any atom is 0.253 e. The number of rotatable bonds is 6. The Hall–Kier alpha value is -2.86. The Kier molecular flexibility index (Phi) is 6.80. The minimum Gasteiger partial charge on any atom is -0.338 e. The quantitative estimate of drug-likeness (QED) is 0.394. The number of carbonyl (C=O) groups is 2. The third-order valence-corrected chi connectivity index (χ3v) is 6.83. The van der Waals surface area contributed by atoms with Gasteiger partial charge in [0.25, 0.3) is 5.91 Å². The van der Waals surface area contributed by atoms with Crippen molar-refractivity contribution in [3.63, 3.8) is 0 Å². The third-order valence-electron chi connectivity index (χ3n) is 6.09. The molecule has 0 radical (unpaired) electrons. The fourth-order valence-corrected chi connectivity index (χ4v) is 4.72. The van der Waals surface area contributed by atoms with E-state index in [1.165, 1.54) is 0 Å². The summed E-state index contributed by atoms with van der Waals surface area (Å²) >= 11 is 1.66. The number of hydrogen-bond acceptors (Lipinski definition) is 4. The monoisotopic (exact) mass is 447 g/mol. The average Bonchev–Trinajstić information content (AvgIpc) is 3.15. The van der Waals surface area contributed by atoms with Gasteiger partial charge in [0.2, 0.25) is 0 Å². The van der Waals surface area contributed by atoms with Crippen LogP contribution in [0.2, 0.25) is 0 Å². The van der Waals surface area contributed by atoms with Gasteiger partial charge in [0.05, 0.1) is 12.2 Å². The molecule has 166 valence electrons. The molecule has 1 aromatic heterocycles. The van der Waals surface area contributed by atoms with Crippen LogP contribution in [-0.2, 0) is 6.54 Å². The molecule has 5 nitrogen and oxygen atoms in total. The van der Waals surface area contributed by atoms with Gasteiger partial charge in [-0.3, -0.25) is 14.3 Å². The average molecular weight is 448 g/mol. The Labute approximate surface area is 193 Å². The number of aromatic nitrogens is 2. The van der Waals surface area contributed by atoms with E-state index in [0.29, 0.717) is 25.2 Å². The lowest BCUT2D eigenvalue weighted by atomic mass is 9.89. The maximum absolute atomic E-state index is 13.1. The molecule has 0 aliphatic carbocycles. The summed E-state index contributed by atoms with van der Waals surface area (Å²) in [6.45, 7) is 5.89.